The zero-order chi connectivity index (χ0) is 14.7. The highest BCUT2D eigenvalue weighted by atomic mass is 79.9. The molecule has 5 heteroatoms. The van der Waals surface area contributed by atoms with Crippen molar-refractivity contribution in [1.29, 1.82) is 0 Å². The molecule has 1 N–H and O–H groups in total. The number of aliphatic hydroxyl groups is 1. The van der Waals surface area contributed by atoms with Crippen molar-refractivity contribution >= 4 is 31.9 Å². The Labute approximate surface area is 134 Å². The molecule has 2 rings (SSSR count). The number of hydrogen-bond acceptors (Lipinski definition) is 2. The van der Waals surface area contributed by atoms with Crippen LogP contribution in [0.15, 0.2) is 44.1 Å². The number of aromatic nitrogens is 1. The zero-order valence-electron chi connectivity index (χ0n) is 11.1. The molecule has 0 unspecified atom stereocenters. The fourth-order valence-electron chi connectivity index (χ4n) is 2.03. The Morgan fingerprint density at radius 1 is 1.15 bits per heavy atom. The van der Waals surface area contributed by atoms with Gasteiger partial charge in [-0.2, -0.15) is 0 Å². The molecule has 0 amide bonds. The molecule has 0 saturated carbocycles. The first-order valence-electron chi connectivity index (χ1n) is 6.27. The van der Waals surface area contributed by atoms with Crippen LogP contribution in [0, 0.1) is 6.92 Å². The van der Waals surface area contributed by atoms with E-state index in [9.17, 15) is 9.90 Å². The van der Waals surface area contributed by atoms with Gasteiger partial charge in [0.1, 0.15) is 0 Å². The number of halogens is 2. The predicted octanol–water partition coefficient (Wildman–Crippen LogP) is 3.42. The minimum atomic E-state index is -0.170. The fraction of sp³-hybridized carbons (Fsp3) is 0.267. The Balaban J connectivity index is 2.29. The van der Waals surface area contributed by atoms with Crippen LogP contribution in [0.4, 0.5) is 0 Å². The molecule has 0 atom stereocenters. The molecular weight excluding hydrogens is 386 g/mol. The summed E-state index contributed by atoms with van der Waals surface area (Å²) in [7, 11) is 0. The van der Waals surface area contributed by atoms with Crippen molar-refractivity contribution in [2.24, 2.45) is 0 Å². The van der Waals surface area contributed by atoms with Gasteiger partial charge in [0, 0.05) is 11.0 Å². The third-order valence-electron chi connectivity index (χ3n) is 3.20. The lowest BCUT2D eigenvalue weighted by Crippen LogP contribution is -2.25. The van der Waals surface area contributed by atoms with E-state index in [-0.39, 0.29) is 12.2 Å². The molecule has 1 aromatic carbocycles. The Bertz CT molecular complexity index is 663. The second kappa shape index (κ2) is 6.70. The Hall–Kier alpha value is -0.910. The average molecular weight is 401 g/mol. The first kappa shape index (κ1) is 15.5. The van der Waals surface area contributed by atoms with Gasteiger partial charge in [0.05, 0.1) is 16.8 Å². The van der Waals surface area contributed by atoms with Gasteiger partial charge in [-0.3, -0.25) is 4.79 Å². The van der Waals surface area contributed by atoms with Crippen LogP contribution >= 0.6 is 31.9 Å². The first-order chi connectivity index (χ1) is 9.52. The van der Waals surface area contributed by atoms with Crippen molar-refractivity contribution in [2.75, 3.05) is 0 Å². The number of aryl methyl sites for hydroxylation is 2. The second-order valence-corrected chi connectivity index (χ2v) is 6.35. The van der Waals surface area contributed by atoms with E-state index in [1.54, 1.807) is 10.6 Å². The van der Waals surface area contributed by atoms with Gasteiger partial charge in [0.2, 0.25) is 0 Å². The second-order valence-electron chi connectivity index (χ2n) is 4.64. The quantitative estimate of drug-likeness (QED) is 0.854. The van der Waals surface area contributed by atoms with E-state index in [2.05, 4.69) is 56.1 Å². The molecule has 0 radical (unpaired) electrons. The summed E-state index contributed by atoms with van der Waals surface area (Å²) in [6.45, 7) is 2.41. The normalized spacial score (nSPS) is 10.8. The molecule has 0 bridgehead atoms. The topological polar surface area (TPSA) is 42.2 Å². The SMILES string of the molecule is Cc1ccc(CCn2c(CO)c(Br)cc(Br)c2=O)cc1. The summed E-state index contributed by atoms with van der Waals surface area (Å²) in [4.78, 5) is 12.2. The maximum Gasteiger partial charge on any atom is 0.265 e. The summed E-state index contributed by atoms with van der Waals surface area (Å²) in [5.74, 6) is 0. The van der Waals surface area contributed by atoms with Gasteiger partial charge in [-0.15, -0.1) is 0 Å². The summed E-state index contributed by atoms with van der Waals surface area (Å²) >= 11 is 6.63. The number of nitrogens with zero attached hydrogens (tertiary/aromatic N) is 1. The van der Waals surface area contributed by atoms with Gasteiger partial charge in [-0.1, -0.05) is 29.8 Å². The molecule has 0 fully saturated rings. The van der Waals surface area contributed by atoms with Crippen LogP contribution in [-0.4, -0.2) is 9.67 Å². The van der Waals surface area contributed by atoms with E-state index in [1.165, 1.54) is 11.1 Å². The summed E-state index contributed by atoms with van der Waals surface area (Å²) in [5.41, 5.74) is 2.87. The molecule has 0 aliphatic rings. The molecule has 0 saturated heterocycles. The molecule has 1 heterocycles. The molecule has 2 aromatic rings. The van der Waals surface area contributed by atoms with Crippen molar-refractivity contribution in [3.63, 3.8) is 0 Å². The van der Waals surface area contributed by atoms with Crippen molar-refractivity contribution in [2.45, 2.75) is 26.5 Å². The van der Waals surface area contributed by atoms with Gasteiger partial charge < -0.3 is 9.67 Å². The zero-order valence-corrected chi connectivity index (χ0v) is 14.2. The molecule has 0 spiro atoms. The molecule has 20 heavy (non-hydrogen) atoms. The number of pyridine rings is 1. The van der Waals surface area contributed by atoms with Crippen LogP contribution in [0.3, 0.4) is 0 Å². The van der Waals surface area contributed by atoms with Gasteiger partial charge in [-0.05, 0) is 56.8 Å². The van der Waals surface area contributed by atoms with Crippen molar-refractivity contribution < 1.29 is 5.11 Å². The number of benzene rings is 1. The summed E-state index contributed by atoms with van der Waals surface area (Å²) in [6, 6.07) is 9.91. The lowest BCUT2D eigenvalue weighted by molar-refractivity contribution is 0.267. The minimum Gasteiger partial charge on any atom is -0.390 e. The fourth-order valence-corrected chi connectivity index (χ4v) is 3.35. The molecule has 3 nitrogen and oxygen atoms in total. The molecular formula is C15H15Br2NO2. The Morgan fingerprint density at radius 3 is 2.40 bits per heavy atom. The van der Waals surface area contributed by atoms with E-state index < -0.39 is 0 Å². The third kappa shape index (κ3) is 3.40. The third-order valence-corrected chi connectivity index (χ3v) is 4.45. The molecule has 1 aromatic heterocycles. The van der Waals surface area contributed by atoms with Crippen molar-refractivity contribution in [3.8, 4) is 0 Å². The van der Waals surface area contributed by atoms with Gasteiger partial charge in [-0.25, -0.2) is 0 Å². The number of aliphatic hydroxyl groups excluding tert-OH is 1. The monoisotopic (exact) mass is 399 g/mol. The summed E-state index contributed by atoms with van der Waals surface area (Å²) in [5, 5.41) is 9.44. The Morgan fingerprint density at radius 2 is 1.80 bits per heavy atom. The standard InChI is InChI=1S/C15H15Br2NO2/c1-10-2-4-11(5-3-10)6-7-18-14(9-19)12(16)8-13(17)15(18)20/h2-5,8,19H,6-7,9H2,1H3. The van der Waals surface area contributed by atoms with E-state index in [1.807, 2.05) is 6.92 Å². The highest BCUT2D eigenvalue weighted by molar-refractivity contribution is 9.11. The highest BCUT2D eigenvalue weighted by Gasteiger charge is 2.11. The summed E-state index contributed by atoms with van der Waals surface area (Å²) in [6.07, 6.45) is 0.746. The predicted molar refractivity (Wildman–Crippen MR) is 86.9 cm³/mol. The van der Waals surface area contributed by atoms with E-state index in [0.29, 0.717) is 16.7 Å². The largest absolute Gasteiger partial charge is 0.390 e. The van der Waals surface area contributed by atoms with Gasteiger partial charge in [0.15, 0.2) is 0 Å². The Kier molecular flexibility index (Phi) is 5.18. The lowest BCUT2D eigenvalue weighted by Gasteiger charge is -2.13. The van der Waals surface area contributed by atoms with Crippen LogP contribution < -0.4 is 5.56 Å². The maximum absolute atomic E-state index is 12.2. The smallest absolute Gasteiger partial charge is 0.265 e. The van der Waals surface area contributed by atoms with Crippen LogP contribution in [-0.2, 0) is 19.6 Å². The van der Waals surface area contributed by atoms with Crippen molar-refractivity contribution in [1.82, 2.24) is 4.57 Å². The van der Waals surface area contributed by atoms with Crippen LogP contribution in [0.1, 0.15) is 16.8 Å². The summed E-state index contributed by atoms with van der Waals surface area (Å²) < 4.78 is 2.83. The lowest BCUT2D eigenvalue weighted by atomic mass is 10.1. The van der Waals surface area contributed by atoms with Gasteiger partial charge in [0.25, 0.3) is 5.56 Å². The number of rotatable bonds is 4. The highest BCUT2D eigenvalue weighted by Crippen LogP contribution is 2.19. The van der Waals surface area contributed by atoms with Crippen LogP contribution in [0.2, 0.25) is 0 Å². The van der Waals surface area contributed by atoms with Crippen LogP contribution in [0.5, 0.6) is 0 Å². The van der Waals surface area contributed by atoms with Gasteiger partial charge >= 0.3 is 0 Å². The molecule has 0 aliphatic carbocycles. The average Bonchev–Trinajstić information content (AvgIpc) is 2.43. The van der Waals surface area contributed by atoms with Crippen molar-refractivity contribution in [3.05, 3.63) is 66.5 Å². The van der Waals surface area contributed by atoms with E-state index >= 15 is 0 Å². The number of hydrogen-bond donors (Lipinski definition) is 1. The van der Waals surface area contributed by atoms with E-state index in [4.69, 9.17) is 0 Å². The first-order valence-corrected chi connectivity index (χ1v) is 7.85. The molecule has 0 aliphatic heterocycles. The maximum atomic E-state index is 12.2. The minimum absolute atomic E-state index is 0.121. The van der Waals surface area contributed by atoms with E-state index in [0.717, 1.165) is 10.9 Å². The molecule has 106 valence electrons. The van der Waals surface area contributed by atoms with Crippen LogP contribution in [0.25, 0.3) is 0 Å².